The van der Waals surface area contributed by atoms with Gasteiger partial charge in [0.25, 0.3) is 0 Å². The van der Waals surface area contributed by atoms with Crippen LogP contribution in [0.4, 0.5) is 0 Å². The second-order valence-corrected chi connectivity index (χ2v) is 5.79. The Morgan fingerprint density at radius 2 is 2.16 bits per heavy atom. The third-order valence-corrected chi connectivity index (χ3v) is 4.69. The number of pyridine rings is 1. The molecule has 98 valence electrons. The smallest absolute Gasteiger partial charge is 0.137 e. The highest BCUT2D eigenvalue weighted by atomic mass is 15.2. The first-order valence-corrected chi connectivity index (χ1v) is 7.03. The van der Waals surface area contributed by atoms with Gasteiger partial charge in [0.05, 0.1) is 0 Å². The summed E-state index contributed by atoms with van der Waals surface area (Å²) in [5.41, 5.74) is 1.79. The Morgan fingerprint density at radius 1 is 1.16 bits per heavy atom. The quantitative estimate of drug-likeness (QED) is 0.822. The maximum atomic E-state index is 4.61. The van der Waals surface area contributed by atoms with Crippen molar-refractivity contribution in [2.45, 2.75) is 24.7 Å². The van der Waals surface area contributed by atoms with Crippen molar-refractivity contribution < 1.29 is 0 Å². The van der Waals surface area contributed by atoms with Gasteiger partial charge in [-0.1, -0.05) is 6.07 Å². The fourth-order valence-electron chi connectivity index (χ4n) is 3.62. The first kappa shape index (κ1) is 11.2. The number of rotatable bonds is 2. The zero-order chi connectivity index (χ0) is 12.7. The summed E-state index contributed by atoms with van der Waals surface area (Å²) in [5.74, 6) is 0.948. The minimum atomic E-state index is 0.374. The number of hydrogen-bond acceptors (Lipinski definition) is 3. The number of hydrogen-bond donors (Lipinski definition) is 0. The van der Waals surface area contributed by atoms with Crippen LogP contribution in [-0.2, 0) is 5.41 Å². The van der Waals surface area contributed by atoms with Crippen molar-refractivity contribution in [3.05, 3.63) is 42.6 Å². The van der Waals surface area contributed by atoms with E-state index in [0.29, 0.717) is 5.41 Å². The average molecular weight is 254 g/mol. The summed E-state index contributed by atoms with van der Waals surface area (Å²) in [7, 11) is 0. The molecule has 2 fully saturated rings. The molecule has 4 heterocycles. The summed E-state index contributed by atoms with van der Waals surface area (Å²) in [6, 6.07) is 4.38. The standard InChI is InChI=1S/C15H18N4/c1-4-15(5-8-18(7-1)11-15)13-2-3-14(17-10-13)19-9-6-16-12-19/h2-3,6,9-10,12H,1,4-5,7-8,11H2. The summed E-state index contributed by atoms with van der Waals surface area (Å²) in [4.78, 5) is 11.3. The number of piperidine rings is 1. The minimum absolute atomic E-state index is 0.374. The summed E-state index contributed by atoms with van der Waals surface area (Å²) < 4.78 is 1.95. The Bertz CT molecular complexity index is 556. The molecule has 2 atom stereocenters. The van der Waals surface area contributed by atoms with E-state index in [1.165, 1.54) is 44.5 Å². The van der Waals surface area contributed by atoms with Gasteiger partial charge in [0.15, 0.2) is 0 Å². The molecule has 2 saturated heterocycles. The van der Waals surface area contributed by atoms with Crippen molar-refractivity contribution in [1.29, 1.82) is 0 Å². The zero-order valence-electron chi connectivity index (χ0n) is 11.0. The number of imidazole rings is 1. The van der Waals surface area contributed by atoms with E-state index in [-0.39, 0.29) is 0 Å². The third-order valence-electron chi connectivity index (χ3n) is 4.69. The van der Waals surface area contributed by atoms with Crippen LogP contribution in [0.25, 0.3) is 5.82 Å². The molecule has 0 radical (unpaired) electrons. The van der Waals surface area contributed by atoms with Crippen LogP contribution in [-0.4, -0.2) is 39.1 Å². The molecule has 2 aliphatic heterocycles. The molecule has 2 bridgehead atoms. The van der Waals surface area contributed by atoms with Crippen LogP contribution in [0.15, 0.2) is 37.1 Å². The molecular formula is C15H18N4. The fourth-order valence-corrected chi connectivity index (χ4v) is 3.62. The third kappa shape index (κ3) is 1.78. The van der Waals surface area contributed by atoms with Crippen molar-refractivity contribution in [3.8, 4) is 5.82 Å². The first-order chi connectivity index (χ1) is 9.36. The average Bonchev–Trinajstić information content (AvgIpc) is 3.09. The van der Waals surface area contributed by atoms with E-state index in [2.05, 4.69) is 33.2 Å². The fraction of sp³-hybridized carbons (Fsp3) is 0.467. The Morgan fingerprint density at radius 3 is 2.95 bits per heavy atom. The summed E-state index contributed by atoms with van der Waals surface area (Å²) >= 11 is 0. The second kappa shape index (κ2) is 4.17. The van der Waals surface area contributed by atoms with Crippen LogP contribution in [0.1, 0.15) is 24.8 Å². The van der Waals surface area contributed by atoms with Crippen molar-refractivity contribution >= 4 is 0 Å². The van der Waals surface area contributed by atoms with Crippen LogP contribution >= 0.6 is 0 Å². The van der Waals surface area contributed by atoms with Crippen molar-refractivity contribution in [2.75, 3.05) is 19.6 Å². The van der Waals surface area contributed by atoms with Gasteiger partial charge in [0.2, 0.25) is 0 Å². The lowest BCUT2D eigenvalue weighted by Gasteiger charge is -2.34. The molecule has 2 aromatic rings. The van der Waals surface area contributed by atoms with Crippen molar-refractivity contribution in [3.63, 3.8) is 0 Å². The lowest BCUT2D eigenvalue weighted by Crippen LogP contribution is -2.36. The number of nitrogens with zero attached hydrogens (tertiary/aromatic N) is 4. The predicted octanol–water partition coefficient (Wildman–Crippen LogP) is 2.00. The van der Waals surface area contributed by atoms with Crippen molar-refractivity contribution in [1.82, 2.24) is 19.4 Å². The molecular weight excluding hydrogens is 236 g/mol. The predicted molar refractivity (Wildman–Crippen MR) is 73.3 cm³/mol. The summed E-state index contributed by atoms with van der Waals surface area (Å²) in [6.07, 6.45) is 11.5. The SMILES string of the molecule is c1cn(-c2ccc(C34CCCN(CC3)C4)cn2)cn1. The van der Waals surface area contributed by atoms with Gasteiger partial charge in [-0.2, -0.15) is 0 Å². The van der Waals surface area contributed by atoms with Crippen LogP contribution in [0.2, 0.25) is 0 Å². The summed E-state index contributed by atoms with van der Waals surface area (Å²) in [6.45, 7) is 3.75. The van der Waals surface area contributed by atoms with E-state index in [0.717, 1.165) is 5.82 Å². The van der Waals surface area contributed by atoms with Gasteiger partial charge in [-0.3, -0.25) is 4.57 Å². The molecule has 0 N–H and O–H groups in total. The molecule has 0 amide bonds. The molecule has 4 heteroatoms. The normalized spacial score (nSPS) is 29.6. The highest BCUT2D eigenvalue weighted by Gasteiger charge is 2.42. The topological polar surface area (TPSA) is 34.0 Å². The lowest BCUT2D eigenvalue weighted by atomic mass is 9.75. The second-order valence-electron chi connectivity index (χ2n) is 5.79. The minimum Gasteiger partial charge on any atom is -0.302 e. The molecule has 4 nitrogen and oxygen atoms in total. The van der Waals surface area contributed by atoms with Gasteiger partial charge in [-0.15, -0.1) is 0 Å². The Kier molecular flexibility index (Phi) is 2.45. The highest BCUT2D eigenvalue weighted by molar-refractivity contribution is 5.32. The van der Waals surface area contributed by atoms with Gasteiger partial charge < -0.3 is 4.90 Å². The molecule has 0 aromatic carbocycles. The van der Waals surface area contributed by atoms with Gasteiger partial charge in [-0.25, -0.2) is 9.97 Å². The van der Waals surface area contributed by atoms with Crippen LogP contribution < -0.4 is 0 Å². The molecule has 4 rings (SSSR count). The largest absolute Gasteiger partial charge is 0.302 e. The van der Waals surface area contributed by atoms with Gasteiger partial charge in [0, 0.05) is 30.6 Å². The maximum Gasteiger partial charge on any atom is 0.137 e. The molecule has 0 saturated carbocycles. The molecule has 0 aliphatic carbocycles. The molecule has 0 spiro atoms. The molecule has 2 unspecified atom stereocenters. The Balaban J connectivity index is 1.66. The Labute approximate surface area is 113 Å². The molecule has 2 aromatic heterocycles. The van der Waals surface area contributed by atoms with E-state index >= 15 is 0 Å². The number of aromatic nitrogens is 3. The molecule has 19 heavy (non-hydrogen) atoms. The first-order valence-electron chi connectivity index (χ1n) is 7.03. The monoisotopic (exact) mass is 254 g/mol. The van der Waals surface area contributed by atoms with E-state index in [9.17, 15) is 0 Å². The van der Waals surface area contributed by atoms with Crippen LogP contribution in [0, 0.1) is 0 Å². The maximum absolute atomic E-state index is 4.61. The molecule has 2 aliphatic rings. The van der Waals surface area contributed by atoms with Crippen molar-refractivity contribution in [2.24, 2.45) is 0 Å². The lowest BCUT2D eigenvalue weighted by molar-refractivity contribution is 0.243. The van der Waals surface area contributed by atoms with Gasteiger partial charge >= 0.3 is 0 Å². The van der Waals surface area contributed by atoms with Crippen LogP contribution in [0.3, 0.4) is 0 Å². The summed E-state index contributed by atoms with van der Waals surface area (Å²) in [5, 5.41) is 0. The van der Waals surface area contributed by atoms with E-state index in [1.54, 1.807) is 12.5 Å². The van der Waals surface area contributed by atoms with E-state index in [1.807, 2.05) is 10.8 Å². The van der Waals surface area contributed by atoms with E-state index < -0.39 is 0 Å². The Hall–Kier alpha value is -1.68. The zero-order valence-corrected chi connectivity index (χ0v) is 11.0. The van der Waals surface area contributed by atoms with Gasteiger partial charge in [-0.05, 0) is 44.0 Å². The number of fused-ring (bicyclic) bond motifs is 2. The highest BCUT2D eigenvalue weighted by Crippen LogP contribution is 2.41. The van der Waals surface area contributed by atoms with Gasteiger partial charge in [0.1, 0.15) is 12.1 Å². The van der Waals surface area contributed by atoms with Crippen LogP contribution in [0.5, 0.6) is 0 Å². The van der Waals surface area contributed by atoms with E-state index in [4.69, 9.17) is 0 Å².